The molecule has 3 rings (SSSR count). The first-order valence-electron chi connectivity index (χ1n) is 8.50. The Balaban J connectivity index is 1.65. The number of benzene rings is 1. The Kier molecular flexibility index (Phi) is 6.15. The van der Waals surface area contributed by atoms with Crippen LogP contribution in [0.25, 0.3) is 0 Å². The monoisotopic (exact) mass is 374 g/mol. The number of piperazine rings is 1. The van der Waals surface area contributed by atoms with Crippen LogP contribution in [0, 0.1) is 0 Å². The molecule has 1 fully saturated rings. The van der Waals surface area contributed by atoms with E-state index in [1.165, 1.54) is 4.88 Å². The summed E-state index contributed by atoms with van der Waals surface area (Å²) in [6.07, 6.45) is 0.524. The fourth-order valence-electron chi connectivity index (χ4n) is 2.87. The molecule has 2 heterocycles. The molecule has 0 unspecified atom stereocenters. The van der Waals surface area contributed by atoms with E-state index in [0.717, 1.165) is 16.2 Å². The lowest BCUT2D eigenvalue weighted by Crippen LogP contribution is -2.50. The van der Waals surface area contributed by atoms with Crippen LogP contribution < -0.4 is 0 Å². The lowest BCUT2D eigenvalue weighted by molar-refractivity contribution is -0.132. The van der Waals surface area contributed by atoms with Gasteiger partial charge in [-0.2, -0.15) is 0 Å². The van der Waals surface area contributed by atoms with E-state index in [1.807, 2.05) is 41.0 Å². The first-order chi connectivity index (χ1) is 12.2. The standard InChI is InChI=1S/C19H22N2O2S2/c1-2-18(22)20-9-11-21(12-10-20)19(23)16-7-3-4-8-17(16)25-14-15-6-5-13-24-15/h3-8,13H,2,9-12,14H2,1H3. The van der Waals surface area contributed by atoms with Crippen molar-refractivity contribution in [3.63, 3.8) is 0 Å². The molecule has 0 saturated carbocycles. The molecule has 1 saturated heterocycles. The van der Waals surface area contributed by atoms with Crippen molar-refractivity contribution < 1.29 is 9.59 Å². The Morgan fingerprint density at radius 1 is 1.04 bits per heavy atom. The van der Waals surface area contributed by atoms with E-state index < -0.39 is 0 Å². The van der Waals surface area contributed by atoms with Crippen LogP contribution in [-0.2, 0) is 10.5 Å². The molecule has 6 heteroatoms. The van der Waals surface area contributed by atoms with Gasteiger partial charge in [0.15, 0.2) is 0 Å². The van der Waals surface area contributed by atoms with Crippen molar-refractivity contribution in [2.75, 3.05) is 26.2 Å². The largest absolute Gasteiger partial charge is 0.339 e. The summed E-state index contributed by atoms with van der Waals surface area (Å²) in [5, 5.41) is 2.07. The third-order valence-electron chi connectivity index (χ3n) is 4.29. The van der Waals surface area contributed by atoms with Gasteiger partial charge in [-0.05, 0) is 23.6 Å². The van der Waals surface area contributed by atoms with Crippen LogP contribution >= 0.6 is 23.1 Å². The van der Waals surface area contributed by atoms with Crippen LogP contribution in [0.2, 0.25) is 0 Å². The number of nitrogens with zero attached hydrogens (tertiary/aromatic N) is 2. The highest BCUT2D eigenvalue weighted by Crippen LogP contribution is 2.29. The molecule has 0 spiro atoms. The summed E-state index contributed by atoms with van der Waals surface area (Å²) < 4.78 is 0. The summed E-state index contributed by atoms with van der Waals surface area (Å²) in [4.78, 5) is 30.8. The normalized spacial score (nSPS) is 14.6. The highest BCUT2D eigenvalue weighted by molar-refractivity contribution is 7.98. The summed E-state index contributed by atoms with van der Waals surface area (Å²) in [5.41, 5.74) is 0.763. The number of amides is 2. The van der Waals surface area contributed by atoms with Crippen molar-refractivity contribution in [3.05, 3.63) is 52.2 Å². The van der Waals surface area contributed by atoms with Gasteiger partial charge in [-0.3, -0.25) is 9.59 Å². The second kappa shape index (κ2) is 8.54. The van der Waals surface area contributed by atoms with Gasteiger partial charge in [0, 0.05) is 48.1 Å². The van der Waals surface area contributed by atoms with Gasteiger partial charge in [-0.25, -0.2) is 0 Å². The Morgan fingerprint density at radius 3 is 2.44 bits per heavy atom. The first kappa shape index (κ1) is 18.0. The van der Waals surface area contributed by atoms with E-state index in [0.29, 0.717) is 32.6 Å². The van der Waals surface area contributed by atoms with Gasteiger partial charge < -0.3 is 9.80 Å². The Hall–Kier alpha value is -1.79. The van der Waals surface area contributed by atoms with Crippen molar-refractivity contribution in [2.24, 2.45) is 0 Å². The minimum atomic E-state index is 0.0675. The maximum Gasteiger partial charge on any atom is 0.255 e. The SMILES string of the molecule is CCC(=O)N1CCN(C(=O)c2ccccc2SCc2cccs2)CC1. The van der Waals surface area contributed by atoms with Crippen LogP contribution in [0.5, 0.6) is 0 Å². The highest BCUT2D eigenvalue weighted by atomic mass is 32.2. The lowest BCUT2D eigenvalue weighted by atomic mass is 10.1. The quantitative estimate of drug-likeness (QED) is 0.749. The van der Waals surface area contributed by atoms with E-state index in [4.69, 9.17) is 0 Å². The number of hydrogen-bond donors (Lipinski definition) is 0. The molecule has 25 heavy (non-hydrogen) atoms. The number of rotatable bonds is 5. The Bertz CT molecular complexity index is 723. The van der Waals surface area contributed by atoms with Gasteiger partial charge in [-0.15, -0.1) is 23.1 Å². The topological polar surface area (TPSA) is 40.6 Å². The Morgan fingerprint density at radius 2 is 1.76 bits per heavy atom. The molecule has 1 aromatic carbocycles. The van der Waals surface area contributed by atoms with E-state index in [-0.39, 0.29) is 11.8 Å². The fraction of sp³-hybridized carbons (Fsp3) is 0.368. The maximum atomic E-state index is 12.9. The van der Waals surface area contributed by atoms with Crippen LogP contribution in [0.4, 0.5) is 0 Å². The van der Waals surface area contributed by atoms with Crippen molar-refractivity contribution in [2.45, 2.75) is 24.0 Å². The molecule has 1 aliphatic heterocycles. The summed E-state index contributed by atoms with van der Waals surface area (Å²) in [6, 6.07) is 12.0. The summed E-state index contributed by atoms with van der Waals surface area (Å²) in [5.74, 6) is 1.11. The summed E-state index contributed by atoms with van der Waals surface area (Å²) >= 11 is 3.44. The summed E-state index contributed by atoms with van der Waals surface area (Å²) in [7, 11) is 0. The minimum absolute atomic E-state index is 0.0675. The summed E-state index contributed by atoms with van der Waals surface area (Å²) in [6.45, 7) is 4.34. The zero-order valence-corrected chi connectivity index (χ0v) is 15.9. The average Bonchev–Trinajstić information content (AvgIpc) is 3.19. The van der Waals surface area contributed by atoms with E-state index >= 15 is 0 Å². The Labute approximate surface area is 156 Å². The first-order valence-corrected chi connectivity index (χ1v) is 10.4. The van der Waals surface area contributed by atoms with E-state index in [9.17, 15) is 9.59 Å². The number of thioether (sulfide) groups is 1. The lowest BCUT2D eigenvalue weighted by Gasteiger charge is -2.35. The average molecular weight is 375 g/mol. The molecule has 0 N–H and O–H groups in total. The number of carbonyl (C=O) groups is 2. The van der Waals surface area contributed by atoms with Gasteiger partial charge in [-0.1, -0.05) is 25.1 Å². The van der Waals surface area contributed by atoms with Crippen LogP contribution in [0.3, 0.4) is 0 Å². The van der Waals surface area contributed by atoms with Crippen LogP contribution in [0.1, 0.15) is 28.6 Å². The molecular formula is C19H22N2O2S2. The number of thiophene rings is 1. The molecule has 4 nitrogen and oxygen atoms in total. The van der Waals surface area contributed by atoms with Gasteiger partial charge in [0.05, 0.1) is 5.56 Å². The van der Waals surface area contributed by atoms with Gasteiger partial charge in [0.2, 0.25) is 5.91 Å². The van der Waals surface area contributed by atoms with Crippen molar-refractivity contribution in [1.82, 2.24) is 9.80 Å². The predicted octanol–water partition coefficient (Wildman–Crippen LogP) is 3.73. The molecule has 1 aliphatic rings. The van der Waals surface area contributed by atoms with Gasteiger partial charge >= 0.3 is 0 Å². The second-order valence-corrected chi connectivity index (χ2v) is 7.94. The van der Waals surface area contributed by atoms with Crippen LogP contribution in [0.15, 0.2) is 46.7 Å². The third-order valence-corrected chi connectivity index (χ3v) is 6.47. The molecular weight excluding hydrogens is 352 g/mol. The van der Waals surface area contributed by atoms with Crippen molar-refractivity contribution >= 4 is 34.9 Å². The molecule has 1 aromatic heterocycles. The van der Waals surface area contributed by atoms with Crippen LogP contribution in [-0.4, -0.2) is 47.8 Å². The number of carbonyl (C=O) groups excluding carboxylic acids is 2. The minimum Gasteiger partial charge on any atom is -0.339 e. The zero-order chi connectivity index (χ0) is 17.6. The van der Waals surface area contributed by atoms with E-state index in [2.05, 4.69) is 17.5 Å². The predicted molar refractivity (Wildman–Crippen MR) is 103 cm³/mol. The molecule has 0 bridgehead atoms. The molecule has 132 valence electrons. The second-order valence-electron chi connectivity index (χ2n) is 5.89. The number of hydrogen-bond acceptors (Lipinski definition) is 4. The van der Waals surface area contributed by atoms with Gasteiger partial charge in [0.1, 0.15) is 0 Å². The smallest absolute Gasteiger partial charge is 0.255 e. The fourth-order valence-corrected chi connectivity index (χ4v) is 4.68. The maximum absolute atomic E-state index is 12.9. The van der Waals surface area contributed by atoms with Crippen molar-refractivity contribution in [3.8, 4) is 0 Å². The third kappa shape index (κ3) is 4.44. The molecule has 2 amide bonds. The molecule has 0 atom stereocenters. The molecule has 0 radical (unpaired) electrons. The highest BCUT2D eigenvalue weighted by Gasteiger charge is 2.25. The van der Waals surface area contributed by atoms with E-state index in [1.54, 1.807) is 23.1 Å². The van der Waals surface area contributed by atoms with Crippen molar-refractivity contribution in [1.29, 1.82) is 0 Å². The molecule has 2 aromatic rings. The zero-order valence-electron chi connectivity index (χ0n) is 14.3. The van der Waals surface area contributed by atoms with Gasteiger partial charge in [0.25, 0.3) is 5.91 Å². The molecule has 0 aliphatic carbocycles.